The first-order valence-corrected chi connectivity index (χ1v) is 5.20. The molecule has 0 amide bonds. The van der Waals surface area contributed by atoms with Crippen LogP contribution in [-0.4, -0.2) is 10.7 Å². The second-order valence-electron chi connectivity index (χ2n) is 3.73. The first-order chi connectivity index (χ1) is 8.60. The summed E-state index contributed by atoms with van der Waals surface area (Å²) < 4.78 is 5.40. The zero-order valence-corrected chi connectivity index (χ0v) is 9.25. The van der Waals surface area contributed by atoms with E-state index < -0.39 is 4.92 Å². The summed E-state index contributed by atoms with van der Waals surface area (Å²) in [5.41, 5.74) is -0.0974. The van der Waals surface area contributed by atoms with Crippen molar-refractivity contribution in [2.75, 3.05) is 0 Å². The number of allylic oxidation sites excluding steroid dienone is 2. The first-order valence-electron chi connectivity index (χ1n) is 5.20. The molecule has 0 aliphatic heterocycles. The number of nitrogens with zero attached hydrogens (tertiary/aromatic N) is 2. The number of nitriles is 1. The normalized spacial score (nSPS) is 13.9. The Balaban J connectivity index is 2.29. The van der Waals surface area contributed by atoms with Crippen LogP contribution in [0.5, 0.6) is 5.75 Å². The van der Waals surface area contributed by atoms with Crippen LogP contribution in [0.2, 0.25) is 0 Å². The summed E-state index contributed by atoms with van der Waals surface area (Å²) in [7, 11) is 0. The Labute approximate surface area is 102 Å². The fourth-order valence-electron chi connectivity index (χ4n) is 1.60. The summed E-state index contributed by atoms with van der Waals surface area (Å²) >= 11 is 0. The smallest absolute Gasteiger partial charge is 0.271 e. The van der Waals surface area contributed by atoms with Crippen LogP contribution in [0.3, 0.4) is 0 Å². The van der Waals surface area contributed by atoms with Gasteiger partial charge < -0.3 is 4.74 Å². The van der Waals surface area contributed by atoms with Crippen LogP contribution in [0.25, 0.3) is 0 Å². The van der Waals surface area contributed by atoms with Crippen molar-refractivity contribution in [3.05, 3.63) is 45.7 Å². The molecule has 0 fully saturated rings. The molecule has 0 saturated carbocycles. The van der Waals surface area contributed by atoms with Crippen LogP contribution in [-0.2, 0) is 4.79 Å². The van der Waals surface area contributed by atoms with E-state index in [9.17, 15) is 14.9 Å². The van der Waals surface area contributed by atoms with Crippen molar-refractivity contribution in [1.82, 2.24) is 0 Å². The highest BCUT2D eigenvalue weighted by Gasteiger charge is 2.17. The highest BCUT2D eigenvalue weighted by atomic mass is 16.6. The molecule has 0 saturated heterocycles. The Morgan fingerprint density at radius 3 is 2.72 bits per heavy atom. The van der Waals surface area contributed by atoms with Crippen LogP contribution in [0.1, 0.15) is 18.4 Å². The van der Waals surface area contributed by atoms with E-state index in [0.717, 1.165) is 6.07 Å². The lowest BCUT2D eigenvalue weighted by atomic mass is 10.2. The van der Waals surface area contributed by atoms with Crippen molar-refractivity contribution in [3.8, 4) is 11.8 Å². The van der Waals surface area contributed by atoms with Crippen molar-refractivity contribution in [2.45, 2.75) is 12.8 Å². The number of carbonyl (C=O) groups excluding carboxylic acids is 1. The highest BCUT2D eigenvalue weighted by molar-refractivity contribution is 5.92. The maximum atomic E-state index is 11.0. The monoisotopic (exact) mass is 244 g/mol. The predicted octanol–water partition coefficient (Wildman–Crippen LogP) is 2.09. The van der Waals surface area contributed by atoms with Crippen LogP contribution >= 0.6 is 0 Å². The number of ether oxygens (including phenoxy) is 1. The number of ketones is 1. The maximum absolute atomic E-state index is 11.0. The molecule has 1 aromatic carbocycles. The number of nitro benzene ring substituents is 1. The van der Waals surface area contributed by atoms with Gasteiger partial charge in [0.15, 0.2) is 5.78 Å². The van der Waals surface area contributed by atoms with Gasteiger partial charge >= 0.3 is 0 Å². The van der Waals surface area contributed by atoms with Crippen LogP contribution in [0.4, 0.5) is 5.69 Å². The van der Waals surface area contributed by atoms with Gasteiger partial charge in [0, 0.05) is 31.1 Å². The van der Waals surface area contributed by atoms with Gasteiger partial charge in [-0.05, 0) is 6.07 Å². The van der Waals surface area contributed by atoms with Gasteiger partial charge in [0.1, 0.15) is 23.1 Å². The molecule has 1 aromatic rings. The molecule has 18 heavy (non-hydrogen) atoms. The predicted molar refractivity (Wildman–Crippen MR) is 60.8 cm³/mol. The van der Waals surface area contributed by atoms with E-state index in [-0.39, 0.29) is 22.8 Å². The Kier molecular flexibility index (Phi) is 3.06. The second-order valence-corrected chi connectivity index (χ2v) is 3.73. The first kappa shape index (κ1) is 11.8. The minimum Gasteiger partial charge on any atom is -0.460 e. The maximum Gasteiger partial charge on any atom is 0.271 e. The third kappa shape index (κ3) is 2.35. The Morgan fingerprint density at radius 1 is 1.39 bits per heavy atom. The van der Waals surface area contributed by atoms with Crippen LogP contribution < -0.4 is 4.74 Å². The molecule has 2 rings (SSSR count). The number of carbonyl (C=O) groups is 1. The van der Waals surface area contributed by atoms with E-state index in [4.69, 9.17) is 10.00 Å². The van der Waals surface area contributed by atoms with Gasteiger partial charge in [-0.1, -0.05) is 0 Å². The highest BCUT2D eigenvalue weighted by Crippen LogP contribution is 2.27. The van der Waals surface area contributed by atoms with Gasteiger partial charge in [0.2, 0.25) is 0 Å². The lowest BCUT2D eigenvalue weighted by molar-refractivity contribution is -0.384. The number of non-ortho nitro benzene ring substituents is 1. The molecule has 0 atom stereocenters. The standard InChI is InChI=1S/C12H8N2O4/c13-7-8-5-9(14(16)17)1-4-12(8)18-11-3-2-10(15)6-11/h1,4-6H,2-3H2. The molecule has 90 valence electrons. The molecular weight excluding hydrogens is 236 g/mol. The van der Waals surface area contributed by atoms with E-state index in [0.29, 0.717) is 18.6 Å². The molecule has 6 nitrogen and oxygen atoms in total. The molecule has 0 unspecified atom stereocenters. The third-order valence-corrected chi connectivity index (χ3v) is 2.48. The fraction of sp³-hybridized carbons (Fsp3) is 0.167. The molecule has 0 N–H and O–H groups in total. The molecule has 0 aromatic heterocycles. The zero-order valence-electron chi connectivity index (χ0n) is 9.25. The zero-order chi connectivity index (χ0) is 13.1. The van der Waals surface area contributed by atoms with Gasteiger partial charge in [-0.15, -0.1) is 0 Å². The number of nitro groups is 1. The Hall–Kier alpha value is -2.68. The molecule has 6 heteroatoms. The largest absolute Gasteiger partial charge is 0.460 e. The lowest BCUT2D eigenvalue weighted by Crippen LogP contribution is -1.96. The number of hydrogen-bond donors (Lipinski definition) is 0. The summed E-state index contributed by atoms with van der Waals surface area (Å²) in [5.74, 6) is 0.680. The third-order valence-electron chi connectivity index (χ3n) is 2.48. The van der Waals surface area contributed by atoms with Gasteiger partial charge in [-0.25, -0.2) is 0 Å². The molecule has 0 radical (unpaired) electrons. The van der Waals surface area contributed by atoms with Crippen molar-refractivity contribution < 1.29 is 14.5 Å². The van der Waals surface area contributed by atoms with E-state index in [1.54, 1.807) is 0 Å². The van der Waals surface area contributed by atoms with Gasteiger partial charge in [0.05, 0.1) is 4.92 Å². The molecule has 1 aliphatic carbocycles. The minimum atomic E-state index is -0.580. The van der Waals surface area contributed by atoms with Crippen LogP contribution in [0.15, 0.2) is 30.0 Å². The Morgan fingerprint density at radius 2 is 2.17 bits per heavy atom. The van der Waals surface area contributed by atoms with Crippen molar-refractivity contribution >= 4 is 11.5 Å². The number of rotatable bonds is 3. The Bertz CT molecular complexity index is 599. The van der Waals surface area contributed by atoms with E-state index in [1.165, 1.54) is 18.2 Å². The summed E-state index contributed by atoms with van der Waals surface area (Å²) in [4.78, 5) is 21.0. The average Bonchev–Trinajstić information content (AvgIpc) is 2.75. The fourth-order valence-corrected chi connectivity index (χ4v) is 1.60. The van der Waals surface area contributed by atoms with Crippen molar-refractivity contribution in [2.24, 2.45) is 0 Å². The average molecular weight is 244 g/mol. The summed E-state index contributed by atoms with van der Waals surface area (Å²) in [6.07, 6.45) is 2.26. The number of benzene rings is 1. The molecule has 1 aliphatic rings. The van der Waals surface area contributed by atoms with E-state index >= 15 is 0 Å². The quantitative estimate of drug-likeness (QED) is 0.599. The molecule has 0 spiro atoms. The van der Waals surface area contributed by atoms with E-state index in [2.05, 4.69) is 0 Å². The minimum absolute atomic E-state index is 0.0228. The van der Waals surface area contributed by atoms with Crippen molar-refractivity contribution in [3.63, 3.8) is 0 Å². The van der Waals surface area contributed by atoms with E-state index in [1.807, 2.05) is 6.07 Å². The van der Waals surface area contributed by atoms with Gasteiger partial charge in [-0.3, -0.25) is 14.9 Å². The molecular formula is C12H8N2O4. The summed E-state index contributed by atoms with van der Waals surface area (Å²) in [6, 6.07) is 5.60. The van der Waals surface area contributed by atoms with Gasteiger partial charge in [0.25, 0.3) is 5.69 Å². The molecule has 0 heterocycles. The lowest BCUT2D eigenvalue weighted by Gasteiger charge is -2.07. The molecule has 0 bridgehead atoms. The topological polar surface area (TPSA) is 93.2 Å². The number of hydrogen-bond acceptors (Lipinski definition) is 5. The SMILES string of the molecule is N#Cc1cc([N+](=O)[O-])ccc1OC1=CC(=O)CC1. The summed E-state index contributed by atoms with van der Waals surface area (Å²) in [5, 5.41) is 19.5. The van der Waals surface area contributed by atoms with Crippen molar-refractivity contribution in [1.29, 1.82) is 5.26 Å². The second kappa shape index (κ2) is 4.67. The summed E-state index contributed by atoms with van der Waals surface area (Å²) in [6.45, 7) is 0. The van der Waals surface area contributed by atoms with Gasteiger partial charge in [-0.2, -0.15) is 5.26 Å². The van der Waals surface area contributed by atoms with Crippen LogP contribution in [0, 0.1) is 21.4 Å².